The molecule has 1 aromatic heterocycles. The maximum atomic E-state index is 5.99. The summed E-state index contributed by atoms with van der Waals surface area (Å²) < 4.78 is 10.6. The Labute approximate surface area is 123 Å². The topological polar surface area (TPSA) is 57.4 Å². The van der Waals surface area contributed by atoms with Gasteiger partial charge in [-0.2, -0.15) is 0 Å². The summed E-state index contributed by atoms with van der Waals surface area (Å²) in [5.41, 5.74) is 7.99. The lowest BCUT2D eigenvalue weighted by Gasteiger charge is -2.03. The number of thiazole rings is 1. The Kier molecular flexibility index (Phi) is 5.11. The minimum Gasteiger partial charge on any atom is -0.494 e. The maximum Gasteiger partial charge on any atom is 0.124 e. The molecule has 4 nitrogen and oxygen atoms in total. The van der Waals surface area contributed by atoms with Crippen LogP contribution in [0.15, 0.2) is 24.3 Å². The van der Waals surface area contributed by atoms with Gasteiger partial charge in [0.05, 0.1) is 18.9 Å². The highest BCUT2D eigenvalue weighted by molar-refractivity contribution is 7.15. The third-order valence-corrected chi connectivity index (χ3v) is 4.18. The van der Waals surface area contributed by atoms with Gasteiger partial charge in [-0.1, -0.05) is 0 Å². The molecule has 0 aliphatic heterocycles. The number of hydrogen-bond acceptors (Lipinski definition) is 5. The molecular formula is C15H20N2O2S. The van der Waals surface area contributed by atoms with Crippen molar-refractivity contribution in [2.24, 2.45) is 5.73 Å². The summed E-state index contributed by atoms with van der Waals surface area (Å²) in [7, 11) is 1.67. The van der Waals surface area contributed by atoms with Gasteiger partial charge in [0.2, 0.25) is 0 Å². The lowest BCUT2D eigenvalue weighted by Crippen LogP contribution is -2.06. The van der Waals surface area contributed by atoms with E-state index < -0.39 is 0 Å². The molecule has 0 radical (unpaired) electrons. The van der Waals surface area contributed by atoms with Crippen molar-refractivity contribution >= 4 is 11.3 Å². The fourth-order valence-corrected chi connectivity index (χ4v) is 2.97. The average molecular weight is 292 g/mol. The van der Waals surface area contributed by atoms with E-state index in [2.05, 4.69) is 4.98 Å². The molecule has 0 aliphatic carbocycles. The third kappa shape index (κ3) is 3.36. The van der Waals surface area contributed by atoms with Gasteiger partial charge in [-0.15, -0.1) is 11.3 Å². The van der Waals surface area contributed by atoms with Crippen molar-refractivity contribution in [3.63, 3.8) is 0 Å². The first kappa shape index (κ1) is 15.0. The molecule has 108 valence electrons. The number of methoxy groups -OCH3 is 1. The molecule has 1 atom stereocenters. The van der Waals surface area contributed by atoms with Crippen molar-refractivity contribution in [1.82, 2.24) is 4.98 Å². The molecule has 1 heterocycles. The third-order valence-electron chi connectivity index (χ3n) is 2.83. The number of benzene rings is 1. The van der Waals surface area contributed by atoms with Crippen LogP contribution >= 0.6 is 11.3 Å². The Morgan fingerprint density at radius 2 is 2.00 bits per heavy atom. The van der Waals surface area contributed by atoms with E-state index in [1.54, 1.807) is 18.4 Å². The van der Waals surface area contributed by atoms with Crippen LogP contribution < -0.4 is 10.5 Å². The van der Waals surface area contributed by atoms with Crippen molar-refractivity contribution in [3.8, 4) is 16.3 Å². The number of rotatable bonds is 6. The van der Waals surface area contributed by atoms with Crippen molar-refractivity contribution in [2.45, 2.75) is 26.5 Å². The molecule has 5 heteroatoms. The van der Waals surface area contributed by atoms with Gasteiger partial charge in [0.25, 0.3) is 0 Å². The normalized spacial score (nSPS) is 12.4. The fourth-order valence-electron chi connectivity index (χ4n) is 1.94. The molecular weight excluding hydrogens is 272 g/mol. The van der Waals surface area contributed by atoms with Crippen molar-refractivity contribution in [3.05, 3.63) is 34.8 Å². The molecule has 0 amide bonds. The minimum atomic E-state index is -0.0332. The Morgan fingerprint density at radius 3 is 2.55 bits per heavy atom. The molecule has 0 saturated carbocycles. The summed E-state index contributed by atoms with van der Waals surface area (Å²) in [5, 5.41) is 0.965. The highest BCUT2D eigenvalue weighted by Crippen LogP contribution is 2.32. The Morgan fingerprint density at radius 1 is 1.30 bits per heavy atom. The van der Waals surface area contributed by atoms with Crippen molar-refractivity contribution < 1.29 is 9.47 Å². The Hall–Kier alpha value is -1.43. The maximum absolute atomic E-state index is 5.99. The van der Waals surface area contributed by atoms with Crippen LogP contribution in [0, 0.1) is 0 Å². The predicted octanol–water partition coefficient (Wildman–Crippen LogP) is 3.37. The number of nitrogens with two attached hydrogens (primary N) is 1. The molecule has 0 bridgehead atoms. The molecule has 0 spiro atoms. The van der Waals surface area contributed by atoms with E-state index in [9.17, 15) is 0 Å². The van der Waals surface area contributed by atoms with Crippen LogP contribution in [-0.4, -0.2) is 18.7 Å². The number of hydrogen-bond donors (Lipinski definition) is 1. The lowest BCUT2D eigenvalue weighted by atomic mass is 10.2. The Balaban J connectivity index is 2.29. The zero-order valence-electron chi connectivity index (χ0n) is 12.1. The molecule has 20 heavy (non-hydrogen) atoms. The molecule has 1 aromatic carbocycles. The van der Waals surface area contributed by atoms with E-state index in [0.29, 0.717) is 13.2 Å². The summed E-state index contributed by atoms with van der Waals surface area (Å²) in [5.74, 6) is 0.873. The second-order valence-electron chi connectivity index (χ2n) is 4.51. The first-order chi connectivity index (χ1) is 9.65. The molecule has 2 rings (SSSR count). The minimum absolute atomic E-state index is 0.0332. The zero-order valence-corrected chi connectivity index (χ0v) is 12.9. The van der Waals surface area contributed by atoms with Crippen LogP contribution in [0.2, 0.25) is 0 Å². The van der Waals surface area contributed by atoms with Crippen LogP contribution in [0.4, 0.5) is 0 Å². The van der Waals surface area contributed by atoms with Crippen LogP contribution in [0.5, 0.6) is 5.75 Å². The van der Waals surface area contributed by atoms with Gasteiger partial charge in [-0.25, -0.2) is 4.98 Å². The van der Waals surface area contributed by atoms with Crippen molar-refractivity contribution in [1.29, 1.82) is 0 Å². The molecule has 2 N–H and O–H groups in total. The highest BCUT2D eigenvalue weighted by atomic mass is 32.1. The predicted molar refractivity (Wildman–Crippen MR) is 82.0 cm³/mol. The zero-order chi connectivity index (χ0) is 14.5. The van der Waals surface area contributed by atoms with Crippen LogP contribution in [-0.2, 0) is 11.3 Å². The van der Waals surface area contributed by atoms with Gasteiger partial charge in [0, 0.05) is 23.6 Å². The van der Waals surface area contributed by atoms with Gasteiger partial charge in [-0.3, -0.25) is 0 Å². The van der Waals surface area contributed by atoms with E-state index in [0.717, 1.165) is 26.9 Å². The second-order valence-corrected chi connectivity index (χ2v) is 5.54. The summed E-state index contributed by atoms with van der Waals surface area (Å²) in [4.78, 5) is 5.72. The molecule has 0 aliphatic rings. The standard InChI is InChI=1S/C15H20N2O2S/c1-4-19-12-7-5-11(6-8-12)15-17-13(9-18-3)14(20-15)10(2)16/h5-8,10H,4,9,16H2,1-3H3. The van der Waals surface area contributed by atoms with Gasteiger partial charge in [0.15, 0.2) is 0 Å². The van der Waals surface area contributed by atoms with Crippen LogP contribution in [0.3, 0.4) is 0 Å². The monoisotopic (exact) mass is 292 g/mol. The number of nitrogens with zero attached hydrogens (tertiary/aromatic N) is 1. The van der Waals surface area contributed by atoms with E-state index >= 15 is 0 Å². The first-order valence-corrected chi connectivity index (χ1v) is 7.44. The largest absolute Gasteiger partial charge is 0.494 e. The highest BCUT2D eigenvalue weighted by Gasteiger charge is 2.15. The molecule has 0 saturated heterocycles. The summed E-state index contributed by atoms with van der Waals surface area (Å²) >= 11 is 1.62. The van der Waals surface area contributed by atoms with Gasteiger partial charge >= 0.3 is 0 Å². The molecule has 2 aromatic rings. The van der Waals surface area contributed by atoms with Crippen LogP contribution in [0.25, 0.3) is 10.6 Å². The van der Waals surface area contributed by atoms with E-state index in [1.165, 1.54) is 0 Å². The quantitative estimate of drug-likeness (QED) is 0.886. The van der Waals surface area contributed by atoms with Crippen molar-refractivity contribution in [2.75, 3.05) is 13.7 Å². The van der Waals surface area contributed by atoms with Gasteiger partial charge in [0.1, 0.15) is 10.8 Å². The number of aromatic nitrogens is 1. The van der Waals surface area contributed by atoms with E-state index in [1.807, 2.05) is 38.1 Å². The Bertz CT molecular complexity index is 550. The summed E-state index contributed by atoms with van der Waals surface area (Å²) in [6, 6.07) is 7.93. The van der Waals surface area contributed by atoms with Gasteiger partial charge < -0.3 is 15.2 Å². The molecule has 1 unspecified atom stereocenters. The van der Waals surface area contributed by atoms with E-state index in [-0.39, 0.29) is 6.04 Å². The SMILES string of the molecule is CCOc1ccc(-c2nc(COC)c(C(C)N)s2)cc1. The van der Waals surface area contributed by atoms with Gasteiger partial charge in [-0.05, 0) is 38.1 Å². The van der Waals surface area contributed by atoms with Crippen LogP contribution in [0.1, 0.15) is 30.5 Å². The summed E-state index contributed by atoms with van der Waals surface area (Å²) in [6.45, 7) is 5.10. The smallest absolute Gasteiger partial charge is 0.124 e. The van der Waals surface area contributed by atoms with E-state index in [4.69, 9.17) is 15.2 Å². The fraction of sp³-hybridized carbons (Fsp3) is 0.400. The molecule has 0 fully saturated rings. The summed E-state index contributed by atoms with van der Waals surface area (Å²) in [6.07, 6.45) is 0. The average Bonchev–Trinajstić information content (AvgIpc) is 2.85. The number of ether oxygens (including phenoxy) is 2. The lowest BCUT2D eigenvalue weighted by molar-refractivity contribution is 0.181. The first-order valence-electron chi connectivity index (χ1n) is 6.63. The second kappa shape index (κ2) is 6.83.